The summed E-state index contributed by atoms with van der Waals surface area (Å²) >= 11 is 0. The highest BCUT2D eigenvalue weighted by molar-refractivity contribution is 5.81. The normalized spacial score (nSPS) is 13.4. The van der Waals surface area contributed by atoms with Gasteiger partial charge in [-0.25, -0.2) is 0 Å². The van der Waals surface area contributed by atoms with Crippen LogP contribution in [0.1, 0.15) is 53.9 Å². The van der Waals surface area contributed by atoms with E-state index in [-0.39, 0.29) is 11.9 Å². The minimum atomic E-state index is -0.0860. The van der Waals surface area contributed by atoms with Crippen molar-refractivity contribution < 1.29 is 4.79 Å². The van der Waals surface area contributed by atoms with E-state index in [0.717, 1.165) is 25.8 Å². The second kappa shape index (κ2) is 9.34. The van der Waals surface area contributed by atoms with Gasteiger partial charge in [0.2, 0.25) is 5.91 Å². The van der Waals surface area contributed by atoms with Gasteiger partial charge in [0, 0.05) is 18.6 Å². The second-order valence-corrected chi connectivity index (χ2v) is 5.17. The van der Waals surface area contributed by atoms with E-state index in [2.05, 4.69) is 37.9 Å². The Balaban J connectivity index is 4.45. The number of carbonyl (C=O) groups excluding carboxylic acids is 1. The second-order valence-electron chi connectivity index (χ2n) is 5.17. The predicted molar refractivity (Wildman–Crippen MR) is 77.5 cm³/mol. The molecule has 1 atom stereocenters. The number of nitrogens with one attached hydrogen (secondary N) is 1. The van der Waals surface area contributed by atoms with E-state index >= 15 is 0 Å². The van der Waals surface area contributed by atoms with Crippen molar-refractivity contribution in [1.29, 1.82) is 0 Å². The zero-order valence-electron chi connectivity index (χ0n) is 12.7. The Hall–Kier alpha value is -0.610. The van der Waals surface area contributed by atoms with Crippen LogP contribution < -0.4 is 11.1 Å². The number of rotatable bonds is 9. The average molecular weight is 257 g/mol. The van der Waals surface area contributed by atoms with E-state index in [1.165, 1.54) is 0 Å². The number of carbonyl (C=O) groups is 1. The highest BCUT2D eigenvalue weighted by Crippen LogP contribution is 2.08. The van der Waals surface area contributed by atoms with E-state index in [1.54, 1.807) is 0 Å². The summed E-state index contributed by atoms with van der Waals surface area (Å²) in [6.45, 7) is 12.0. The number of nitrogens with two attached hydrogens (primary N) is 1. The lowest BCUT2D eigenvalue weighted by atomic mass is 10.1. The molecule has 0 aromatic carbocycles. The molecule has 3 N–H and O–H groups in total. The Labute approximate surface area is 112 Å². The van der Waals surface area contributed by atoms with Gasteiger partial charge in [0.1, 0.15) is 0 Å². The highest BCUT2D eigenvalue weighted by atomic mass is 16.2. The molecular weight excluding hydrogens is 226 g/mol. The zero-order valence-corrected chi connectivity index (χ0v) is 12.7. The summed E-state index contributed by atoms with van der Waals surface area (Å²) in [5.41, 5.74) is 5.55. The van der Waals surface area contributed by atoms with Crippen LogP contribution >= 0.6 is 0 Å². The highest BCUT2D eigenvalue weighted by Gasteiger charge is 2.24. The lowest BCUT2D eigenvalue weighted by Gasteiger charge is -2.32. The van der Waals surface area contributed by atoms with Gasteiger partial charge in [-0.2, -0.15) is 0 Å². The lowest BCUT2D eigenvalue weighted by molar-refractivity contribution is -0.127. The maximum absolute atomic E-state index is 12.2. The van der Waals surface area contributed by atoms with Gasteiger partial charge in [0.05, 0.1) is 6.04 Å². The van der Waals surface area contributed by atoms with Crippen molar-refractivity contribution in [3.05, 3.63) is 0 Å². The minimum Gasteiger partial charge on any atom is -0.352 e. The molecule has 108 valence electrons. The van der Waals surface area contributed by atoms with Gasteiger partial charge in [-0.1, -0.05) is 13.8 Å². The van der Waals surface area contributed by atoms with Crippen molar-refractivity contribution in [1.82, 2.24) is 10.2 Å². The van der Waals surface area contributed by atoms with Crippen LogP contribution in [0.5, 0.6) is 0 Å². The van der Waals surface area contributed by atoms with Crippen molar-refractivity contribution in [3.8, 4) is 0 Å². The van der Waals surface area contributed by atoms with Gasteiger partial charge in [0.15, 0.2) is 0 Å². The first-order valence-corrected chi connectivity index (χ1v) is 7.24. The molecule has 18 heavy (non-hydrogen) atoms. The molecule has 0 saturated heterocycles. The molecule has 0 aromatic heterocycles. The number of hydrogen-bond donors (Lipinski definition) is 2. The van der Waals surface area contributed by atoms with Gasteiger partial charge >= 0.3 is 0 Å². The van der Waals surface area contributed by atoms with Crippen molar-refractivity contribution in [2.75, 3.05) is 13.1 Å². The van der Waals surface area contributed by atoms with Crippen molar-refractivity contribution in [3.63, 3.8) is 0 Å². The third-order valence-corrected chi connectivity index (χ3v) is 3.49. The van der Waals surface area contributed by atoms with E-state index in [0.29, 0.717) is 18.6 Å². The summed E-state index contributed by atoms with van der Waals surface area (Å²) < 4.78 is 0. The van der Waals surface area contributed by atoms with E-state index in [9.17, 15) is 4.79 Å². The predicted octanol–water partition coefficient (Wildman–Crippen LogP) is 1.74. The summed E-state index contributed by atoms with van der Waals surface area (Å²) in [6, 6.07) is 0.569. The fourth-order valence-corrected chi connectivity index (χ4v) is 2.14. The fourth-order valence-electron chi connectivity index (χ4n) is 2.14. The molecule has 0 radical (unpaired) electrons. The Kier molecular flexibility index (Phi) is 9.02. The van der Waals surface area contributed by atoms with E-state index in [4.69, 9.17) is 5.73 Å². The van der Waals surface area contributed by atoms with Gasteiger partial charge < -0.3 is 11.1 Å². The largest absolute Gasteiger partial charge is 0.352 e. The van der Waals surface area contributed by atoms with Gasteiger partial charge in [0.25, 0.3) is 0 Å². The summed E-state index contributed by atoms with van der Waals surface area (Å²) in [5.74, 6) is 0.134. The van der Waals surface area contributed by atoms with Crippen LogP contribution in [0.4, 0.5) is 0 Å². The maximum atomic E-state index is 12.2. The number of nitrogens with zero attached hydrogens (tertiary/aromatic N) is 1. The lowest BCUT2D eigenvalue weighted by Crippen LogP contribution is -2.50. The molecule has 1 unspecified atom stereocenters. The molecule has 0 rings (SSSR count). The summed E-state index contributed by atoms with van der Waals surface area (Å²) in [4.78, 5) is 14.4. The summed E-state index contributed by atoms with van der Waals surface area (Å²) in [5, 5.41) is 3.12. The van der Waals surface area contributed by atoms with Gasteiger partial charge in [-0.15, -0.1) is 0 Å². The maximum Gasteiger partial charge on any atom is 0.237 e. The Morgan fingerprint density at radius 1 is 1.22 bits per heavy atom. The first-order chi connectivity index (χ1) is 8.47. The SMILES string of the molecule is CCC(CC)NC(=O)C(C)N(CCCN)C(C)C. The van der Waals surface area contributed by atoms with Crippen LogP contribution in [0.15, 0.2) is 0 Å². The molecular formula is C14H31N3O. The molecule has 0 spiro atoms. The Morgan fingerprint density at radius 3 is 2.17 bits per heavy atom. The molecule has 4 heteroatoms. The molecule has 0 saturated carbocycles. The standard InChI is InChI=1S/C14H31N3O/c1-6-13(7-2)16-14(18)12(5)17(11(3)4)10-8-9-15/h11-13H,6-10,15H2,1-5H3,(H,16,18). The molecule has 0 heterocycles. The molecule has 0 fully saturated rings. The van der Waals surface area contributed by atoms with Crippen LogP contribution in [0.2, 0.25) is 0 Å². The topological polar surface area (TPSA) is 58.4 Å². The Morgan fingerprint density at radius 2 is 1.78 bits per heavy atom. The number of amides is 1. The smallest absolute Gasteiger partial charge is 0.237 e. The van der Waals surface area contributed by atoms with Crippen LogP contribution in [-0.4, -0.2) is 42.0 Å². The van der Waals surface area contributed by atoms with Gasteiger partial charge in [-0.3, -0.25) is 9.69 Å². The van der Waals surface area contributed by atoms with Gasteiger partial charge in [-0.05, 0) is 46.6 Å². The molecule has 0 bridgehead atoms. The average Bonchev–Trinajstić information content (AvgIpc) is 2.35. The molecule has 4 nitrogen and oxygen atoms in total. The third-order valence-electron chi connectivity index (χ3n) is 3.49. The first kappa shape index (κ1) is 17.4. The Bertz CT molecular complexity index is 227. The molecule has 0 aliphatic heterocycles. The molecule has 0 aliphatic rings. The third kappa shape index (κ3) is 5.83. The summed E-state index contributed by atoms with van der Waals surface area (Å²) in [7, 11) is 0. The van der Waals surface area contributed by atoms with Crippen LogP contribution in [0, 0.1) is 0 Å². The quantitative estimate of drug-likeness (QED) is 0.661. The van der Waals surface area contributed by atoms with Crippen LogP contribution in [0.25, 0.3) is 0 Å². The molecule has 0 aliphatic carbocycles. The van der Waals surface area contributed by atoms with E-state index in [1.807, 2.05) is 6.92 Å². The molecule has 1 amide bonds. The van der Waals surface area contributed by atoms with E-state index < -0.39 is 0 Å². The van der Waals surface area contributed by atoms with Crippen LogP contribution in [-0.2, 0) is 4.79 Å². The number of hydrogen-bond acceptors (Lipinski definition) is 3. The minimum absolute atomic E-state index is 0.0860. The van der Waals surface area contributed by atoms with Crippen molar-refractivity contribution in [2.24, 2.45) is 5.73 Å². The zero-order chi connectivity index (χ0) is 14.1. The van der Waals surface area contributed by atoms with Crippen molar-refractivity contribution in [2.45, 2.75) is 72.0 Å². The van der Waals surface area contributed by atoms with Crippen LogP contribution in [0.3, 0.4) is 0 Å². The first-order valence-electron chi connectivity index (χ1n) is 7.24. The summed E-state index contributed by atoms with van der Waals surface area (Å²) in [6.07, 6.45) is 2.90. The fraction of sp³-hybridized carbons (Fsp3) is 0.929. The van der Waals surface area contributed by atoms with Crippen molar-refractivity contribution >= 4 is 5.91 Å². The monoisotopic (exact) mass is 257 g/mol. The molecule has 0 aromatic rings.